The highest BCUT2D eigenvalue weighted by atomic mass is 15.1. The number of hydrogen-bond donors (Lipinski definition) is 1. The second-order valence-electron chi connectivity index (χ2n) is 5.27. The van der Waals surface area contributed by atoms with E-state index in [1.807, 2.05) is 0 Å². The van der Waals surface area contributed by atoms with E-state index in [1.165, 1.54) is 16.8 Å². The minimum atomic E-state index is 0.536. The van der Waals surface area contributed by atoms with Gasteiger partial charge in [-0.1, -0.05) is 31.5 Å². The first kappa shape index (κ1) is 14.0. The molecule has 0 saturated heterocycles. The van der Waals surface area contributed by atoms with Gasteiger partial charge in [0.15, 0.2) is 0 Å². The Hall–Kier alpha value is -1.02. The molecule has 0 saturated carbocycles. The van der Waals surface area contributed by atoms with Gasteiger partial charge >= 0.3 is 0 Å². The van der Waals surface area contributed by atoms with Crippen molar-refractivity contribution in [2.75, 3.05) is 18.5 Å². The first-order chi connectivity index (χ1) is 7.97. The first-order valence-electron chi connectivity index (χ1n) is 6.49. The van der Waals surface area contributed by atoms with Gasteiger partial charge in [0.25, 0.3) is 0 Å². The summed E-state index contributed by atoms with van der Waals surface area (Å²) < 4.78 is 0. The molecule has 0 aliphatic heterocycles. The van der Waals surface area contributed by atoms with Crippen LogP contribution in [0.15, 0.2) is 18.2 Å². The molecule has 1 aromatic carbocycles. The lowest BCUT2D eigenvalue weighted by molar-refractivity contribution is 0.504. The normalized spacial score (nSPS) is 12.9. The average molecular weight is 234 g/mol. The fraction of sp³-hybridized carbons (Fsp3) is 0.600. The molecule has 1 atom stereocenters. The van der Waals surface area contributed by atoms with Crippen LogP contribution >= 0.6 is 0 Å². The van der Waals surface area contributed by atoms with Crippen LogP contribution in [0.2, 0.25) is 0 Å². The number of nitrogens with two attached hydrogens (primary N) is 1. The zero-order chi connectivity index (χ0) is 13.0. The zero-order valence-electron chi connectivity index (χ0n) is 11.8. The SMILES string of the molecule is Cc1ccc(N(C)C(C)C(C)C)c(CCN)c1. The monoisotopic (exact) mass is 234 g/mol. The van der Waals surface area contributed by atoms with Crippen LogP contribution < -0.4 is 10.6 Å². The van der Waals surface area contributed by atoms with E-state index in [0.717, 1.165) is 6.42 Å². The first-order valence-corrected chi connectivity index (χ1v) is 6.49. The van der Waals surface area contributed by atoms with Crippen molar-refractivity contribution in [3.8, 4) is 0 Å². The van der Waals surface area contributed by atoms with Gasteiger partial charge in [-0.15, -0.1) is 0 Å². The van der Waals surface area contributed by atoms with Crippen molar-refractivity contribution in [3.05, 3.63) is 29.3 Å². The highest BCUT2D eigenvalue weighted by Gasteiger charge is 2.16. The summed E-state index contributed by atoms with van der Waals surface area (Å²) in [6.07, 6.45) is 0.951. The third-order valence-corrected chi connectivity index (χ3v) is 3.60. The van der Waals surface area contributed by atoms with Gasteiger partial charge in [-0.3, -0.25) is 0 Å². The lowest BCUT2D eigenvalue weighted by atomic mass is 10.0. The molecule has 1 rings (SSSR count). The molecule has 0 spiro atoms. The van der Waals surface area contributed by atoms with E-state index in [4.69, 9.17) is 5.73 Å². The maximum atomic E-state index is 5.70. The van der Waals surface area contributed by atoms with Crippen LogP contribution in [0.5, 0.6) is 0 Å². The van der Waals surface area contributed by atoms with Gasteiger partial charge in [-0.05, 0) is 44.4 Å². The Morgan fingerprint density at radius 2 is 1.88 bits per heavy atom. The van der Waals surface area contributed by atoms with Gasteiger partial charge < -0.3 is 10.6 Å². The van der Waals surface area contributed by atoms with Crippen LogP contribution in [0.3, 0.4) is 0 Å². The van der Waals surface area contributed by atoms with Crippen LogP contribution in [0.4, 0.5) is 5.69 Å². The number of rotatable bonds is 5. The molecule has 2 nitrogen and oxygen atoms in total. The number of aryl methyl sites for hydroxylation is 1. The number of nitrogens with zero attached hydrogens (tertiary/aromatic N) is 1. The van der Waals surface area contributed by atoms with E-state index >= 15 is 0 Å². The number of benzene rings is 1. The molecule has 96 valence electrons. The summed E-state index contributed by atoms with van der Waals surface area (Å²) in [4.78, 5) is 2.37. The Bertz CT molecular complexity index is 358. The number of hydrogen-bond acceptors (Lipinski definition) is 2. The molecule has 0 amide bonds. The van der Waals surface area contributed by atoms with Crippen LogP contribution in [-0.2, 0) is 6.42 Å². The summed E-state index contributed by atoms with van der Waals surface area (Å²) in [5.41, 5.74) is 9.69. The van der Waals surface area contributed by atoms with Crippen molar-refractivity contribution in [1.82, 2.24) is 0 Å². The molecular weight excluding hydrogens is 208 g/mol. The molecule has 1 aromatic rings. The topological polar surface area (TPSA) is 29.3 Å². The van der Waals surface area contributed by atoms with Crippen LogP contribution in [0.25, 0.3) is 0 Å². The molecule has 2 N–H and O–H groups in total. The van der Waals surface area contributed by atoms with Crippen molar-refractivity contribution in [1.29, 1.82) is 0 Å². The second-order valence-corrected chi connectivity index (χ2v) is 5.27. The highest BCUT2D eigenvalue weighted by Crippen LogP contribution is 2.25. The fourth-order valence-corrected chi connectivity index (χ4v) is 2.08. The molecular formula is C15H26N2. The van der Waals surface area contributed by atoms with Crippen molar-refractivity contribution < 1.29 is 0 Å². The van der Waals surface area contributed by atoms with Crippen LogP contribution in [0.1, 0.15) is 31.9 Å². The third-order valence-electron chi connectivity index (χ3n) is 3.60. The molecule has 0 aromatic heterocycles. The van der Waals surface area contributed by atoms with Gasteiger partial charge in [0.1, 0.15) is 0 Å². The molecule has 0 radical (unpaired) electrons. The Balaban J connectivity index is 3.03. The van der Waals surface area contributed by atoms with Gasteiger partial charge in [-0.2, -0.15) is 0 Å². The summed E-state index contributed by atoms with van der Waals surface area (Å²) in [7, 11) is 2.18. The summed E-state index contributed by atoms with van der Waals surface area (Å²) in [6, 6.07) is 7.19. The van der Waals surface area contributed by atoms with E-state index in [9.17, 15) is 0 Å². The Kier molecular flexibility index (Phi) is 5.01. The molecule has 0 aliphatic rings. The molecule has 2 heteroatoms. The molecule has 1 unspecified atom stereocenters. The largest absolute Gasteiger partial charge is 0.371 e. The van der Waals surface area contributed by atoms with Crippen LogP contribution in [-0.4, -0.2) is 19.6 Å². The molecule has 17 heavy (non-hydrogen) atoms. The fourth-order valence-electron chi connectivity index (χ4n) is 2.08. The van der Waals surface area contributed by atoms with Crippen molar-refractivity contribution in [2.24, 2.45) is 11.7 Å². The third kappa shape index (κ3) is 3.47. The van der Waals surface area contributed by atoms with Gasteiger partial charge in [-0.25, -0.2) is 0 Å². The standard InChI is InChI=1S/C15H26N2/c1-11(2)13(4)17(5)15-7-6-12(3)10-14(15)8-9-16/h6-7,10-11,13H,8-9,16H2,1-5H3. The zero-order valence-corrected chi connectivity index (χ0v) is 11.8. The summed E-state index contributed by atoms with van der Waals surface area (Å²) >= 11 is 0. The lowest BCUT2D eigenvalue weighted by Crippen LogP contribution is -2.34. The minimum absolute atomic E-state index is 0.536. The van der Waals surface area contributed by atoms with E-state index in [0.29, 0.717) is 18.5 Å². The van der Waals surface area contributed by atoms with Crippen LogP contribution in [0, 0.1) is 12.8 Å². The second kappa shape index (κ2) is 6.06. The summed E-state index contributed by atoms with van der Waals surface area (Å²) in [5.74, 6) is 0.645. The molecule has 0 aliphatic carbocycles. The van der Waals surface area contributed by atoms with E-state index in [-0.39, 0.29) is 0 Å². The smallest absolute Gasteiger partial charge is 0.0399 e. The Labute approximate surface area is 106 Å². The predicted octanol–water partition coefficient (Wildman–Crippen LogP) is 2.98. The van der Waals surface area contributed by atoms with Gasteiger partial charge in [0.2, 0.25) is 0 Å². The summed E-state index contributed by atoms with van der Waals surface area (Å²) in [6.45, 7) is 9.64. The van der Waals surface area contributed by atoms with Crippen molar-refractivity contribution in [3.63, 3.8) is 0 Å². The lowest BCUT2D eigenvalue weighted by Gasteiger charge is -2.32. The predicted molar refractivity (Wildman–Crippen MR) is 76.6 cm³/mol. The van der Waals surface area contributed by atoms with E-state index in [2.05, 4.69) is 57.8 Å². The van der Waals surface area contributed by atoms with Crippen molar-refractivity contribution >= 4 is 5.69 Å². The van der Waals surface area contributed by atoms with E-state index in [1.54, 1.807) is 0 Å². The maximum absolute atomic E-state index is 5.70. The summed E-state index contributed by atoms with van der Waals surface area (Å²) in [5, 5.41) is 0. The highest BCUT2D eigenvalue weighted by molar-refractivity contribution is 5.55. The quantitative estimate of drug-likeness (QED) is 0.848. The maximum Gasteiger partial charge on any atom is 0.0399 e. The van der Waals surface area contributed by atoms with Gasteiger partial charge in [0.05, 0.1) is 0 Å². The van der Waals surface area contributed by atoms with E-state index < -0.39 is 0 Å². The number of anilines is 1. The Morgan fingerprint density at radius 1 is 1.24 bits per heavy atom. The van der Waals surface area contributed by atoms with Gasteiger partial charge in [0, 0.05) is 18.8 Å². The molecule has 0 bridgehead atoms. The molecule has 0 fully saturated rings. The average Bonchev–Trinajstić information content (AvgIpc) is 2.27. The molecule has 0 heterocycles. The minimum Gasteiger partial charge on any atom is -0.371 e. The van der Waals surface area contributed by atoms with Crippen molar-refractivity contribution in [2.45, 2.75) is 40.2 Å². The Morgan fingerprint density at radius 3 is 2.41 bits per heavy atom.